The standard InChI is InChI=1S/C19H30N2O3/c1-14(19(22)20-16-7-5-6-8-16)21(2)12-11-15-9-10-17(23-3)18(13-15)24-4/h9-10,13-14,16H,5-8,11-12H2,1-4H3,(H,20,22)/p+1/t14-/m0/s1. The van der Waals surface area contributed by atoms with E-state index in [-0.39, 0.29) is 11.9 Å². The third-order valence-corrected chi connectivity index (χ3v) is 5.09. The summed E-state index contributed by atoms with van der Waals surface area (Å²) in [6.45, 7) is 2.91. The normalized spacial score (nSPS) is 17.3. The van der Waals surface area contributed by atoms with Crippen molar-refractivity contribution in [2.75, 3.05) is 27.8 Å². The Labute approximate surface area is 145 Å². The molecule has 0 aromatic heterocycles. The zero-order valence-corrected chi connectivity index (χ0v) is 15.4. The van der Waals surface area contributed by atoms with Gasteiger partial charge < -0.3 is 19.7 Å². The van der Waals surface area contributed by atoms with Gasteiger partial charge in [-0.15, -0.1) is 0 Å². The Morgan fingerprint density at radius 1 is 1.25 bits per heavy atom. The van der Waals surface area contributed by atoms with Crippen LogP contribution in [0.25, 0.3) is 0 Å². The Morgan fingerprint density at radius 2 is 1.92 bits per heavy atom. The van der Waals surface area contributed by atoms with Crippen LogP contribution in [0, 0.1) is 0 Å². The minimum atomic E-state index is -0.0363. The van der Waals surface area contributed by atoms with Gasteiger partial charge in [-0.25, -0.2) is 0 Å². The molecule has 134 valence electrons. The van der Waals surface area contributed by atoms with Gasteiger partial charge in [-0.05, 0) is 37.5 Å². The van der Waals surface area contributed by atoms with Gasteiger partial charge in [0.05, 0.1) is 27.8 Å². The first-order valence-corrected chi connectivity index (χ1v) is 8.88. The number of hydrogen-bond acceptors (Lipinski definition) is 3. The van der Waals surface area contributed by atoms with E-state index in [2.05, 4.69) is 18.4 Å². The van der Waals surface area contributed by atoms with E-state index in [1.54, 1.807) is 14.2 Å². The molecule has 0 aliphatic heterocycles. The molecule has 0 heterocycles. The van der Waals surface area contributed by atoms with Crippen molar-refractivity contribution < 1.29 is 19.2 Å². The number of methoxy groups -OCH3 is 2. The third kappa shape index (κ3) is 4.87. The van der Waals surface area contributed by atoms with Crippen LogP contribution < -0.4 is 19.7 Å². The van der Waals surface area contributed by atoms with Crippen LogP contribution in [0.1, 0.15) is 38.2 Å². The number of rotatable bonds is 8. The molecule has 1 aromatic rings. The van der Waals surface area contributed by atoms with E-state index in [4.69, 9.17) is 9.47 Å². The van der Waals surface area contributed by atoms with Gasteiger partial charge in [0.1, 0.15) is 0 Å². The molecule has 2 N–H and O–H groups in total. The molecule has 2 rings (SSSR count). The second kappa shape index (κ2) is 8.92. The summed E-state index contributed by atoms with van der Waals surface area (Å²) in [6.07, 6.45) is 5.63. The Balaban J connectivity index is 1.85. The molecule has 1 fully saturated rings. The SMILES string of the molecule is COc1ccc(CC[NH+](C)[C@@H](C)C(=O)NC2CCCC2)cc1OC. The summed E-state index contributed by atoms with van der Waals surface area (Å²) >= 11 is 0. The third-order valence-electron chi connectivity index (χ3n) is 5.09. The summed E-state index contributed by atoms with van der Waals surface area (Å²) in [5.41, 5.74) is 1.19. The number of nitrogens with one attached hydrogen (secondary N) is 2. The summed E-state index contributed by atoms with van der Waals surface area (Å²) in [5.74, 6) is 1.66. The molecule has 1 aromatic carbocycles. The van der Waals surface area contributed by atoms with Crippen LogP contribution in [0.2, 0.25) is 0 Å². The first kappa shape index (κ1) is 18.6. The van der Waals surface area contributed by atoms with Crippen LogP contribution in [-0.2, 0) is 11.2 Å². The lowest BCUT2D eigenvalue weighted by molar-refractivity contribution is -0.894. The Bertz CT molecular complexity index is 541. The molecule has 24 heavy (non-hydrogen) atoms. The summed E-state index contributed by atoms with van der Waals surface area (Å²) in [5, 5.41) is 3.19. The topological polar surface area (TPSA) is 52.0 Å². The van der Waals surface area contributed by atoms with E-state index in [1.807, 2.05) is 19.1 Å². The molecule has 1 aliphatic carbocycles. The number of benzene rings is 1. The summed E-state index contributed by atoms with van der Waals surface area (Å²) < 4.78 is 10.6. The minimum Gasteiger partial charge on any atom is -0.493 e. The molecule has 5 nitrogen and oxygen atoms in total. The van der Waals surface area contributed by atoms with Gasteiger partial charge in [-0.3, -0.25) is 4.79 Å². The van der Waals surface area contributed by atoms with Gasteiger partial charge in [0.25, 0.3) is 5.91 Å². The zero-order chi connectivity index (χ0) is 17.5. The molecule has 2 atom stereocenters. The number of ether oxygens (including phenoxy) is 2. The molecule has 0 radical (unpaired) electrons. The largest absolute Gasteiger partial charge is 0.493 e. The Hall–Kier alpha value is -1.75. The van der Waals surface area contributed by atoms with Gasteiger partial charge >= 0.3 is 0 Å². The first-order chi connectivity index (χ1) is 11.5. The van der Waals surface area contributed by atoms with Crippen LogP contribution >= 0.6 is 0 Å². The number of likely N-dealkylation sites (N-methyl/N-ethyl adjacent to an activating group) is 1. The smallest absolute Gasteiger partial charge is 0.278 e. The van der Waals surface area contributed by atoms with E-state index >= 15 is 0 Å². The summed E-state index contributed by atoms with van der Waals surface area (Å²) in [4.78, 5) is 13.6. The molecule has 0 saturated heterocycles. The average Bonchev–Trinajstić information content (AvgIpc) is 3.11. The molecule has 0 bridgehead atoms. The number of quaternary nitrogens is 1. The van der Waals surface area contributed by atoms with Gasteiger partial charge in [0.2, 0.25) is 0 Å². The number of carbonyl (C=O) groups excluding carboxylic acids is 1. The maximum atomic E-state index is 12.4. The summed E-state index contributed by atoms with van der Waals surface area (Å²) in [7, 11) is 5.37. The monoisotopic (exact) mass is 335 g/mol. The highest BCUT2D eigenvalue weighted by molar-refractivity contribution is 5.80. The van der Waals surface area contributed by atoms with Crippen molar-refractivity contribution in [1.82, 2.24) is 5.32 Å². The van der Waals surface area contributed by atoms with Crippen LogP contribution in [0.5, 0.6) is 11.5 Å². The molecule has 1 amide bonds. The molecule has 0 spiro atoms. The van der Waals surface area contributed by atoms with Crippen molar-refractivity contribution in [3.63, 3.8) is 0 Å². The maximum absolute atomic E-state index is 12.4. The van der Waals surface area contributed by atoms with E-state index in [0.29, 0.717) is 6.04 Å². The van der Waals surface area contributed by atoms with Crippen molar-refractivity contribution in [1.29, 1.82) is 0 Å². The van der Waals surface area contributed by atoms with Gasteiger partial charge in [0, 0.05) is 12.5 Å². The lowest BCUT2D eigenvalue weighted by atomic mass is 10.1. The van der Waals surface area contributed by atoms with E-state index in [0.717, 1.165) is 37.3 Å². The number of carbonyl (C=O) groups is 1. The predicted molar refractivity (Wildman–Crippen MR) is 94.9 cm³/mol. The Kier molecular flexibility index (Phi) is 6.91. The Morgan fingerprint density at radius 3 is 2.54 bits per heavy atom. The van der Waals surface area contributed by atoms with E-state index < -0.39 is 0 Å². The highest BCUT2D eigenvalue weighted by atomic mass is 16.5. The minimum absolute atomic E-state index is 0.0363. The second-order valence-corrected chi connectivity index (χ2v) is 6.75. The molecule has 1 unspecified atom stereocenters. The van der Waals surface area contributed by atoms with E-state index in [1.165, 1.54) is 23.3 Å². The summed E-state index contributed by atoms with van der Waals surface area (Å²) in [6, 6.07) is 6.34. The highest BCUT2D eigenvalue weighted by Gasteiger charge is 2.25. The molecule has 1 saturated carbocycles. The van der Waals surface area contributed by atoms with Gasteiger partial charge in [0.15, 0.2) is 17.5 Å². The quantitative estimate of drug-likeness (QED) is 0.751. The molecular weight excluding hydrogens is 304 g/mol. The maximum Gasteiger partial charge on any atom is 0.278 e. The molecular formula is C19H31N2O3+. The first-order valence-electron chi connectivity index (χ1n) is 8.88. The van der Waals surface area contributed by atoms with Crippen molar-refractivity contribution >= 4 is 5.91 Å². The highest BCUT2D eigenvalue weighted by Crippen LogP contribution is 2.27. The van der Waals surface area contributed by atoms with E-state index in [9.17, 15) is 4.79 Å². The fraction of sp³-hybridized carbons (Fsp3) is 0.632. The van der Waals surface area contributed by atoms with Crippen molar-refractivity contribution in [3.05, 3.63) is 23.8 Å². The fourth-order valence-electron chi connectivity index (χ4n) is 3.21. The molecule has 1 aliphatic rings. The van der Waals surface area contributed by atoms with Crippen LogP contribution in [0.15, 0.2) is 18.2 Å². The lowest BCUT2D eigenvalue weighted by Gasteiger charge is -2.23. The zero-order valence-electron chi connectivity index (χ0n) is 15.4. The fourth-order valence-corrected chi connectivity index (χ4v) is 3.21. The average molecular weight is 335 g/mol. The number of amides is 1. The van der Waals surface area contributed by atoms with Crippen molar-refractivity contribution in [2.24, 2.45) is 0 Å². The molecule has 5 heteroatoms. The second-order valence-electron chi connectivity index (χ2n) is 6.75. The lowest BCUT2D eigenvalue weighted by Crippen LogP contribution is -3.14. The van der Waals surface area contributed by atoms with Crippen molar-refractivity contribution in [3.8, 4) is 11.5 Å². The number of hydrogen-bond donors (Lipinski definition) is 2. The van der Waals surface area contributed by atoms with Gasteiger partial charge in [-0.2, -0.15) is 0 Å². The van der Waals surface area contributed by atoms with Crippen molar-refractivity contribution in [2.45, 2.75) is 51.1 Å². The predicted octanol–water partition coefficient (Wildman–Crippen LogP) is 1.21. The van der Waals surface area contributed by atoms with Crippen LogP contribution in [0.3, 0.4) is 0 Å². The van der Waals surface area contributed by atoms with Crippen LogP contribution in [-0.4, -0.2) is 45.8 Å². The van der Waals surface area contributed by atoms with Gasteiger partial charge in [-0.1, -0.05) is 18.9 Å². The van der Waals surface area contributed by atoms with Crippen LogP contribution in [0.4, 0.5) is 0 Å².